The quantitative estimate of drug-likeness (QED) is 0.656. The van der Waals surface area contributed by atoms with Crippen molar-refractivity contribution in [2.45, 2.75) is 44.5 Å². The summed E-state index contributed by atoms with van der Waals surface area (Å²) in [7, 11) is 0. The fraction of sp³-hybridized carbons (Fsp3) is 0.800. The van der Waals surface area contributed by atoms with Crippen molar-refractivity contribution in [3.8, 4) is 0 Å². The molecule has 94 valence electrons. The molecule has 4 N–H and O–H groups in total. The number of carbonyl (C=O) groups excluding carboxylic acids is 1. The Balaban J connectivity index is 4.02. The van der Waals surface area contributed by atoms with Crippen LogP contribution in [0.4, 0.5) is 0 Å². The highest BCUT2D eigenvalue weighted by molar-refractivity contribution is 8.00. The zero-order valence-corrected chi connectivity index (χ0v) is 10.9. The van der Waals surface area contributed by atoms with Gasteiger partial charge in [0.15, 0.2) is 0 Å². The highest BCUT2D eigenvalue weighted by Crippen LogP contribution is 2.13. The molecule has 0 spiro atoms. The lowest BCUT2D eigenvalue weighted by atomic mass is 10.1. The van der Waals surface area contributed by atoms with Crippen molar-refractivity contribution in [1.29, 1.82) is 0 Å². The number of nitrogens with two attached hydrogens (primary N) is 1. The largest absolute Gasteiger partial charge is 0.480 e. The third-order valence-corrected chi connectivity index (χ3v) is 2.98. The molecule has 0 fully saturated rings. The average molecular weight is 248 g/mol. The molecule has 0 saturated heterocycles. The molecule has 0 saturated carbocycles. The number of hydrogen-bond donors (Lipinski definition) is 3. The lowest BCUT2D eigenvalue weighted by molar-refractivity contribution is -0.138. The van der Waals surface area contributed by atoms with Gasteiger partial charge in [-0.15, -0.1) is 11.8 Å². The van der Waals surface area contributed by atoms with E-state index in [4.69, 9.17) is 10.8 Å². The van der Waals surface area contributed by atoms with Gasteiger partial charge in [-0.2, -0.15) is 0 Å². The zero-order valence-electron chi connectivity index (χ0n) is 10.1. The van der Waals surface area contributed by atoms with E-state index in [1.807, 2.05) is 20.8 Å². The molecular formula is C10H20N2O3S. The fourth-order valence-corrected chi connectivity index (χ4v) is 1.72. The van der Waals surface area contributed by atoms with E-state index < -0.39 is 12.0 Å². The van der Waals surface area contributed by atoms with Crippen molar-refractivity contribution in [3.05, 3.63) is 0 Å². The number of hydrogen-bond acceptors (Lipinski definition) is 4. The van der Waals surface area contributed by atoms with Gasteiger partial charge in [-0.1, -0.05) is 0 Å². The van der Waals surface area contributed by atoms with Crippen molar-refractivity contribution in [3.63, 3.8) is 0 Å². The minimum absolute atomic E-state index is 0.102. The van der Waals surface area contributed by atoms with Gasteiger partial charge in [-0.05, 0) is 27.7 Å². The first-order chi connectivity index (χ1) is 7.13. The van der Waals surface area contributed by atoms with Crippen LogP contribution in [0.5, 0.6) is 0 Å². The molecule has 0 aliphatic carbocycles. The second-order valence-electron chi connectivity index (χ2n) is 4.66. The molecule has 0 bridgehead atoms. The van der Waals surface area contributed by atoms with Gasteiger partial charge in [0.1, 0.15) is 6.04 Å². The molecule has 0 aromatic carbocycles. The van der Waals surface area contributed by atoms with E-state index in [9.17, 15) is 9.59 Å². The summed E-state index contributed by atoms with van der Waals surface area (Å²) in [4.78, 5) is 22.1. The van der Waals surface area contributed by atoms with Gasteiger partial charge in [0.25, 0.3) is 0 Å². The third kappa shape index (κ3) is 6.68. The lowest BCUT2D eigenvalue weighted by Gasteiger charge is -2.23. The standard InChI is InChI=1S/C10H20N2O3S/c1-6(8(13)12-10(2,3)4)16-5-7(11)9(14)15/h6-7H,5,11H2,1-4H3,(H,12,13)(H,14,15)/t6?,7-/m1/s1. The number of nitrogens with one attached hydrogen (secondary N) is 1. The Labute approximate surface area is 100 Å². The summed E-state index contributed by atoms with van der Waals surface area (Å²) in [5.41, 5.74) is 5.06. The zero-order chi connectivity index (χ0) is 12.9. The van der Waals surface area contributed by atoms with Crippen molar-refractivity contribution in [1.82, 2.24) is 5.32 Å². The topological polar surface area (TPSA) is 92.4 Å². The van der Waals surface area contributed by atoms with Crippen LogP contribution in [0.1, 0.15) is 27.7 Å². The summed E-state index contributed by atoms with van der Waals surface area (Å²) >= 11 is 1.24. The number of amides is 1. The number of rotatable bonds is 5. The molecule has 1 amide bonds. The van der Waals surface area contributed by atoms with Crippen molar-refractivity contribution < 1.29 is 14.7 Å². The molecular weight excluding hydrogens is 228 g/mol. The summed E-state index contributed by atoms with van der Waals surface area (Å²) in [5, 5.41) is 11.1. The molecule has 0 rings (SSSR count). The van der Waals surface area contributed by atoms with Gasteiger partial charge in [-0.3, -0.25) is 9.59 Å². The summed E-state index contributed by atoms with van der Waals surface area (Å²) in [5.74, 6) is -0.917. The number of carbonyl (C=O) groups is 2. The molecule has 0 aromatic heterocycles. The van der Waals surface area contributed by atoms with E-state index in [2.05, 4.69) is 5.32 Å². The highest BCUT2D eigenvalue weighted by Gasteiger charge is 2.21. The van der Waals surface area contributed by atoms with E-state index in [0.29, 0.717) is 0 Å². The molecule has 5 nitrogen and oxygen atoms in total. The molecule has 0 radical (unpaired) electrons. The van der Waals surface area contributed by atoms with Gasteiger partial charge in [0.2, 0.25) is 5.91 Å². The van der Waals surface area contributed by atoms with E-state index >= 15 is 0 Å². The van der Waals surface area contributed by atoms with Gasteiger partial charge < -0.3 is 16.2 Å². The monoisotopic (exact) mass is 248 g/mol. The predicted molar refractivity (Wildman–Crippen MR) is 65.4 cm³/mol. The van der Waals surface area contributed by atoms with Crippen molar-refractivity contribution in [2.75, 3.05) is 5.75 Å². The maximum absolute atomic E-state index is 11.6. The molecule has 1 unspecified atom stereocenters. The first-order valence-electron chi connectivity index (χ1n) is 5.05. The molecule has 0 aliphatic heterocycles. The number of carboxylic acids is 1. The maximum Gasteiger partial charge on any atom is 0.321 e. The SMILES string of the molecule is CC(SC[C@@H](N)C(=O)O)C(=O)NC(C)(C)C. The van der Waals surface area contributed by atoms with Crippen LogP contribution >= 0.6 is 11.8 Å². The second-order valence-corrected chi connectivity index (χ2v) is 6.03. The Kier molecular flexibility index (Phi) is 5.81. The minimum atomic E-state index is -1.05. The summed E-state index contributed by atoms with van der Waals surface area (Å²) < 4.78 is 0. The number of thioether (sulfide) groups is 1. The Bertz CT molecular complexity index is 263. The molecule has 0 heterocycles. The first kappa shape index (κ1) is 15.2. The van der Waals surface area contributed by atoms with Crippen LogP contribution in [0.2, 0.25) is 0 Å². The van der Waals surface area contributed by atoms with Crippen LogP contribution in [0.15, 0.2) is 0 Å². The van der Waals surface area contributed by atoms with E-state index in [1.54, 1.807) is 6.92 Å². The van der Waals surface area contributed by atoms with E-state index in [1.165, 1.54) is 11.8 Å². The maximum atomic E-state index is 11.6. The van der Waals surface area contributed by atoms with Crippen molar-refractivity contribution >= 4 is 23.6 Å². The summed E-state index contributed by atoms with van der Waals surface area (Å²) in [6.07, 6.45) is 0. The molecule has 2 atom stereocenters. The Hall–Kier alpha value is -0.750. The van der Waals surface area contributed by atoms with Gasteiger partial charge in [-0.25, -0.2) is 0 Å². The Morgan fingerprint density at radius 1 is 1.44 bits per heavy atom. The van der Waals surface area contributed by atoms with E-state index in [-0.39, 0.29) is 22.4 Å². The van der Waals surface area contributed by atoms with Crippen LogP contribution in [0, 0.1) is 0 Å². The average Bonchev–Trinajstić information content (AvgIpc) is 2.10. The molecule has 0 aliphatic rings. The van der Waals surface area contributed by atoms with Gasteiger partial charge >= 0.3 is 5.97 Å². The molecule has 0 aromatic rings. The van der Waals surface area contributed by atoms with Crippen LogP contribution in [-0.4, -0.2) is 39.6 Å². The van der Waals surface area contributed by atoms with Crippen LogP contribution in [0.3, 0.4) is 0 Å². The van der Waals surface area contributed by atoms with Crippen LogP contribution in [0.25, 0.3) is 0 Å². The Morgan fingerprint density at radius 3 is 2.31 bits per heavy atom. The number of aliphatic carboxylic acids is 1. The van der Waals surface area contributed by atoms with Crippen molar-refractivity contribution in [2.24, 2.45) is 5.73 Å². The third-order valence-electron chi connectivity index (χ3n) is 1.71. The van der Waals surface area contributed by atoms with Gasteiger partial charge in [0.05, 0.1) is 5.25 Å². The smallest absolute Gasteiger partial charge is 0.321 e. The van der Waals surface area contributed by atoms with Crippen LogP contribution in [-0.2, 0) is 9.59 Å². The summed E-state index contributed by atoms with van der Waals surface area (Å²) in [6, 6.07) is -0.921. The molecule has 6 heteroatoms. The fourth-order valence-electron chi connectivity index (χ4n) is 0.866. The predicted octanol–water partition coefficient (Wildman–Crippen LogP) is 0.435. The van der Waals surface area contributed by atoms with Crippen LogP contribution < -0.4 is 11.1 Å². The Morgan fingerprint density at radius 2 is 1.94 bits per heavy atom. The second kappa shape index (κ2) is 6.10. The van der Waals surface area contributed by atoms with E-state index in [0.717, 1.165) is 0 Å². The molecule has 16 heavy (non-hydrogen) atoms. The number of carboxylic acid groups (broad SMARTS) is 1. The lowest BCUT2D eigenvalue weighted by Crippen LogP contribution is -2.44. The summed E-state index contributed by atoms with van der Waals surface area (Å²) in [6.45, 7) is 7.42. The minimum Gasteiger partial charge on any atom is -0.480 e. The highest BCUT2D eigenvalue weighted by atomic mass is 32.2. The first-order valence-corrected chi connectivity index (χ1v) is 6.10. The van der Waals surface area contributed by atoms with Gasteiger partial charge in [0, 0.05) is 11.3 Å². The normalized spacial score (nSPS) is 15.3.